The number of carbonyl (C=O) groups is 3. The molecule has 0 aliphatic carbocycles. The van der Waals surface area contributed by atoms with Crippen LogP contribution in [0.1, 0.15) is 32.6 Å². The molecule has 0 aromatic carbocycles. The van der Waals surface area contributed by atoms with Gasteiger partial charge in [-0.25, -0.2) is 4.79 Å². The molecule has 1 aliphatic heterocycles. The van der Waals surface area contributed by atoms with Crippen molar-refractivity contribution in [2.45, 2.75) is 38.6 Å². The Morgan fingerprint density at radius 1 is 1.35 bits per heavy atom. The summed E-state index contributed by atoms with van der Waals surface area (Å²) in [5.74, 6) is -1.34. The van der Waals surface area contributed by atoms with Gasteiger partial charge in [0, 0.05) is 26.4 Å². The van der Waals surface area contributed by atoms with Gasteiger partial charge in [-0.2, -0.15) is 0 Å². The second-order valence-electron chi connectivity index (χ2n) is 4.17. The fourth-order valence-electron chi connectivity index (χ4n) is 1.98. The minimum absolute atomic E-state index is 0.156. The summed E-state index contributed by atoms with van der Waals surface area (Å²) < 4.78 is 0. The van der Waals surface area contributed by atoms with E-state index in [1.165, 1.54) is 11.8 Å². The molecular weight excluding hydrogens is 224 g/mol. The molecule has 1 saturated heterocycles. The molecule has 1 atom stereocenters. The molecule has 6 nitrogen and oxygen atoms in total. The fraction of sp³-hybridized carbons (Fsp3) is 0.727. The van der Waals surface area contributed by atoms with E-state index in [-0.39, 0.29) is 24.8 Å². The van der Waals surface area contributed by atoms with E-state index in [2.05, 4.69) is 5.32 Å². The Morgan fingerprint density at radius 3 is 2.65 bits per heavy atom. The van der Waals surface area contributed by atoms with Gasteiger partial charge >= 0.3 is 5.97 Å². The lowest BCUT2D eigenvalue weighted by atomic mass is 10.0. The van der Waals surface area contributed by atoms with Crippen molar-refractivity contribution in [1.82, 2.24) is 10.2 Å². The first-order valence-corrected chi connectivity index (χ1v) is 5.79. The average Bonchev–Trinajstić information content (AvgIpc) is 2.28. The molecule has 0 radical (unpaired) electrons. The summed E-state index contributed by atoms with van der Waals surface area (Å²) >= 11 is 0. The van der Waals surface area contributed by atoms with E-state index >= 15 is 0 Å². The first-order chi connectivity index (χ1) is 8.02. The summed E-state index contributed by atoms with van der Waals surface area (Å²) in [5.41, 5.74) is 0. The molecule has 2 amide bonds. The number of amides is 2. The number of hydrogen-bond acceptors (Lipinski definition) is 3. The highest BCUT2D eigenvalue weighted by molar-refractivity contribution is 5.84. The molecule has 1 rings (SSSR count). The third-order valence-corrected chi connectivity index (χ3v) is 2.82. The second kappa shape index (κ2) is 6.22. The monoisotopic (exact) mass is 242 g/mol. The van der Waals surface area contributed by atoms with Crippen molar-refractivity contribution in [3.63, 3.8) is 0 Å². The van der Waals surface area contributed by atoms with Crippen LogP contribution in [-0.2, 0) is 14.4 Å². The van der Waals surface area contributed by atoms with E-state index in [1.54, 1.807) is 0 Å². The quantitative estimate of drug-likeness (QED) is 0.725. The van der Waals surface area contributed by atoms with Crippen molar-refractivity contribution in [3.05, 3.63) is 0 Å². The zero-order valence-corrected chi connectivity index (χ0v) is 9.94. The fourth-order valence-corrected chi connectivity index (χ4v) is 1.98. The predicted octanol–water partition coefficient (Wildman–Crippen LogP) is -0.0217. The molecule has 0 aromatic rings. The zero-order valence-electron chi connectivity index (χ0n) is 9.94. The molecule has 17 heavy (non-hydrogen) atoms. The van der Waals surface area contributed by atoms with Gasteiger partial charge in [0.15, 0.2) is 0 Å². The second-order valence-corrected chi connectivity index (χ2v) is 4.17. The van der Waals surface area contributed by atoms with Crippen LogP contribution in [0, 0.1) is 0 Å². The van der Waals surface area contributed by atoms with Crippen molar-refractivity contribution in [2.24, 2.45) is 0 Å². The third kappa shape index (κ3) is 4.05. The summed E-state index contributed by atoms with van der Waals surface area (Å²) in [7, 11) is 0. The molecule has 0 unspecified atom stereocenters. The number of aliphatic carboxylic acids is 1. The molecule has 0 spiro atoms. The number of carboxylic acids is 1. The highest BCUT2D eigenvalue weighted by Crippen LogP contribution is 2.17. The van der Waals surface area contributed by atoms with Gasteiger partial charge < -0.3 is 15.3 Å². The smallest absolute Gasteiger partial charge is 0.326 e. The van der Waals surface area contributed by atoms with Crippen LogP contribution in [-0.4, -0.2) is 46.9 Å². The Labute approximate surface area is 100.0 Å². The van der Waals surface area contributed by atoms with Crippen LogP contribution < -0.4 is 5.32 Å². The van der Waals surface area contributed by atoms with Gasteiger partial charge in [0.2, 0.25) is 11.8 Å². The summed E-state index contributed by atoms with van der Waals surface area (Å²) in [4.78, 5) is 34.8. The first-order valence-electron chi connectivity index (χ1n) is 5.79. The average molecular weight is 242 g/mol. The lowest BCUT2D eigenvalue weighted by Crippen LogP contribution is -2.48. The van der Waals surface area contributed by atoms with Gasteiger partial charge in [0.25, 0.3) is 0 Å². The Morgan fingerprint density at radius 2 is 2.06 bits per heavy atom. The standard InChI is InChI=1S/C11H18N2O4/c1-8(14)12-6-5-10(15)13-7-3-2-4-9(13)11(16)17/h9H,2-7H2,1H3,(H,12,14)(H,16,17)/t9-/m0/s1. The molecule has 0 bridgehead atoms. The molecule has 6 heteroatoms. The van der Waals surface area contributed by atoms with E-state index in [0.29, 0.717) is 13.0 Å². The third-order valence-electron chi connectivity index (χ3n) is 2.82. The molecule has 1 heterocycles. The highest BCUT2D eigenvalue weighted by Gasteiger charge is 2.31. The molecular formula is C11H18N2O4. The number of likely N-dealkylation sites (tertiary alicyclic amines) is 1. The van der Waals surface area contributed by atoms with E-state index in [1.807, 2.05) is 0 Å². The van der Waals surface area contributed by atoms with Crippen LogP contribution in [0.3, 0.4) is 0 Å². The Bertz CT molecular complexity index is 317. The molecule has 1 aliphatic rings. The van der Waals surface area contributed by atoms with Gasteiger partial charge in [-0.1, -0.05) is 0 Å². The Balaban J connectivity index is 2.47. The molecule has 1 fully saturated rings. The van der Waals surface area contributed by atoms with Gasteiger partial charge in [0.1, 0.15) is 6.04 Å². The van der Waals surface area contributed by atoms with Gasteiger partial charge in [0.05, 0.1) is 0 Å². The van der Waals surface area contributed by atoms with Crippen LogP contribution in [0.25, 0.3) is 0 Å². The van der Waals surface area contributed by atoms with Crippen LogP contribution in [0.2, 0.25) is 0 Å². The molecule has 2 N–H and O–H groups in total. The van der Waals surface area contributed by atoms with Crippen molar-refractivity contribution < 1.29 is 19.5 Å². The maximum atomic E-state index is 11.8. The van der Waals surface area contributed by atoms with E-state index in [4.69, 9.17) is 5.11 Å². The topological polar surface area (TPSA) is 86.7 Å². The highest BCUT2D eigenvalue weighted by atomic mass is 16.4. The van der Waals surface area contributed by atoms with Gasteiger partial charge in [-0.05, 0) is 19.3 Å². The molecule has 0 saturated carbocycles. The summed E-state index contributed by atoms with van der Waals surface area (Å²) in [6, 6.07) is -0.700. The van der Waals surface area contributed by atoms with Crippen molar-refractivity contribution in [3.8, 4) is 0 Å². The maximum Gasteiger partial charge on any atom is 0.326 e. The number of carboxylic acid groups (broad SMARTS) is 1. The minimum Gasteiger partial charge on any atom is -0.480 e. The summed E-state index contributed by atoms with van der Waals surface area (Å²) in [6.45, 7) is 2.14. The Kier molecular flexibility index (Phi) is 4.93. The first kappa shape index (κ1) is 13.5. The minimum atomic E-state index is -0.947. The number of nitrogens with one attached hydrogen (secondary N) is 1. The number of hydrogen-bond donors (Lipinski definition) is 2. The Hall–Kier alpha value is -1.59. The van der Waals surface area contributed by atoms with E-state index in [0.717, 1.165) is 12.8 Å². The lowest BCUT2D eigenvalue weighted by molar-refractivity contribution is -0.152. The van der Waals surface area contributed by atoms with Crippen LogP contribution in [0.4, 0.5) is 0 Å². The maximum absolute atomic E-state index is 11.8. The number of carbonyl (C=O) groups excluding carboxylic acids is 2. The molecule has 96 valence electrons. The van der Waals surface area contributed by atoms with Gasteiger partial charge in [-0.15, -0.1) is 0 Å². The van der Waals surface area contributed by atoms with Gasteiger partial charge in [-0.3, -0.25) is 9.59 Å². The largest absolute Gasteiger partial charge is 0.480 e. The van der Waals surface area contributed by atoms with Crippen LogP contribution in [0.5, 0.6) is 0 Å². The van der Waals surface area contributed by atoms with Crippen LogP contribution in [0.15, 0.2) is 0 Å². The van der Waals surface area contributed by atoms with Crippen molar-refractivity contribution >= 4 is 17.8 Å². The van der Waals surface area contributed by atoms with Crippen LogP contribution >= 0.6 is 0 Å². The number of rotatable bonds is 4. The van der Waals surface area contributed by atoms with Crippen molar-refractivity contribution in [2.75, 3.05) is 13.1 Å². The van der Waals surface area contributed by atoms with E-state index < -0.39 is 12.0 Å². The zero-order chi connectivity index (χ0) is 12.8. The SMILES string of the molecule is CC(=O)NCCC(=O)N1CCCC[C@H]1C(=O)O. The van der Waals surface area contributed by atoms with E-state index in [9.17, 15) is 14.4 Å². The normalized spacial score (nSPS) is 19.8. The molecule has 0 aromatic heterocycles. The summed E-state index contributed by atoms with van der Waals surface area (Å²) in [6.07, 6.45) is 2.35. The number of nitrogens with zero attached hydrogens (tertiary/aromatic N) is 1. The van der Waals surface area contributed by atoms with Crippen molar-refractivity contribution in [1.29, 1.82) is 0 Å². The lowest BCUT2D eigenvalue weighted by Gasteiger charge is -2.33. The number of piperidine rings is 1. The summed E-state index contributed by atoms with van der Waals surface area (Å²) in [5, 5.41) is 11.5. The predicted molar refractivity (Wildman–Crippen MR) is 60.3 cm³/mol.